The molecule has 1 aliphatic carbocycles. The summed E-state index contributed by atoms with van der Waals surface area (Å²) in [7, 11) is 0. The smallest absolute Gasteiger partial charge is 0.230 e. The molecule has 0 unspecified atom stereocenters. The molecule has 0 heterocycles. The lowest BCUT2D eigenvalue weighted by Gasteiger charge is -2.32. The van der Waals surface area contributed by atoms with Crippen molar-refractivity contribution in [1.82, 2.24) is 5.32 Å². The number of hydrogen-bond acceptors (Lipinski definition) is 2. The minimum absolute atomic E-state index is 0.0309. The van der Waals surface area contributed by atoms with E-state index in [1.54, 1.807) is 12.1 Å². The maximum absolute atomic E-state index is 13.1. The average Bonchev–Trinajstić information content (AvgIpc) is 3.34. The molecule has 22 heavy (non-hydrogen) atoms. The summed E-state index contributed by atoms with van der Waals surface area (Å²) >= 11 is 0. The number of amides is 1. The predicted molar refractivity (Wildman–Crippen MR) is 85.0 cm³/mol. The first-order valence-corrected chi connectivity index (χ1v) is 8.17. The van der Waals surface area contributed by atoms with Crippen molar-refractivity contribution in [2.24, 2.45) is 5.41 Å². The fraction of sp³-hybridized carbons (Fsp3) is 0.611. The molecular weight excluding hydrogens is 281 g/mol. The standard InChI is InChI=1S/C18H26FNO2/c1-3-17(4-2,11-12-21)13-20-16(22)18(9-10-18)14-5-7-15(19)8-6-14/h5-8,21H,3-4,9-13H2,1-2H3,(H,20,22). The minimum atomic E-state index is -0.472. The Bertz CT molecular complexity index is 504. The van der Waals surface area contributed by atoms with Gasteiger partial charge in [-0.2, -0.15) is 0 Å². The highest BCUT2D eigenvalue weighted by Gasteiger charge is 2.51. The molecule has 0 spiro atoms. The first kappa shape index (κ1) is 16.9. The van der Waals surface area contributed by atoms with Crippen molar-refractivity contribution < 1.29 is 14.3 Å². The van der Waals surface area contributed by atoms with E-state index in [1.165, 1.54) is 12.1 Å². The maximum atomic E-state index is 13.1. The minimum Gasteiger partial charge on any atom is -0.396 e. The zero-order chi connectivity index (χ0) is 16.2. The molecule has 2 rings (SSSR count). The highest BCUT2D eigenvalue weighted by Crippen LogP contribution is 2.48. The number of halogens is 1. The molecule has 1 aliphatic rings. The van der Waals surface area contributed by atoms with Crippen LogP contribution >= 0.6 is 0 Å². The first-order valence-electron chi connectivity index (χ1n) is 8.17. The molecule has 4 heteroatoms. The third-order valence-electron chi connectivity index (χ3n) is 5.35. The van der Waals surface area contributed by atoms with Gasteiger partial charge in [-0.1, -0.05) is 26.0 Å². The van der Waals surface area contributed by atoms with E-state index in [-0.39, 0.29) is 23.7 Å². The maximum Gasteiger partial charge on any atom is 0.230 e. The predicted octanol–water partition coefficient (Wildman–Crippen LogP) is 3.16. The summed E-state index contributed by atoms with van der Waals surface area (Å²) in [4.78, 5) is 12.6. The Hall–Kier alpha value is -1.42. The molecule has 0 atom stereocenters. The van der Waals surface area contributed by atoms with Crippen LogP contribution in [0, 0.1) is 11.2 Å². The molecule has 0 bridgehead atoms. The van der Waals surface area contributed by atoms with Crippen LogP contribution in [0.2, 0.25) is 0 Å². The SMILES string of the molecule is CCC(CC)(CCO)CNC(=O)C1(c2ccc(F)cc2)CC1. The summed E-state index contributed by atoms with van der Waals surface area (Å²) in [5, 5.41) is 12.3. The van der Waals surface area contributed by atoms with Crippen molar-refractivity contribution in [1.29, 1.82) is 0 Å². The van der Waals surface area contributed by atoms with Gasteiger partial charge < -0.3 is 10.4 Å². The zero-order valence-corrected chi connectivity index (χ0v) is 13.5. The molecule has 3 nitrogen and oxygen atoms in total. The number of hydrogen-bond donors (Lipinski definition) is 2. The van der Waals surface area contributed by atoms with Crippen molar-refractivity contribution in [3.05, 3.63) is 35.6 Å². The topological polar surface area (TPSA) is 49.3 Å². The van der Waals surface area contributed by atoms with Crippen LogP contribution in [0.5, 0.6) is 0 Å². The Morgan fingerprint density at radius 3 is 2.32 bits per heavy atom. The lowest BCUT2D eigenvalue weighted by Crippen LogP contribution is -2.42. The molecule has 0 aromatic heterocycles. The highest BCUT2D eigenvalue weighted by atomic mass is 19.1. The first-order chi connectivity index (χ1) is 10.5. The number of rotatable bonds is 8. The average molecular weight is 307 g/mol. The van der Waals surface area contributed by atoms with E-state index in [4.69, 9.17) is 0 Å². The summed E-state index contributed by atoms with van der Waals surface area (Å²) < 4.78 is 13.1. The van der Waals surface area contributed by atoms with Gasteiger partial charge in [0.05, 0.1) is 5.41 Å². The van der Waals surface area contributed by atoms with Crippen molar-refractivity contribution in [2.45, 2.75) is 51.4 Å². The Kier molecular flexibility index (Phi) is 5.22. The summed E-state index contributed by atoms with van der Waals surface area (Å²) in [6.45, 7) is 4.92. The largest absolute Gasteiger partial charge is 0.396 e. The van der Waals surface area contributed by atoms with E-state index >= 15 is 0 Å². The quantitative estimate of drug-likeness (QED) is 0.775. The zero-order valence-electron chi connectivity index (χ0n) is 13.5. The molecule has 1 fully saturated rings. The summed E-state index contributed by atoms with van der Waals surface area (Å²) in [6.07, 6.45) is 4.18. The number of aliphatic hydroxyl groups is 1. The van der Waals surface area contributed by atoms with Crippen LogP contribution in [-0.4, -0.2) is 24.2 Å². The number of carbonyl (C=O) groups excluding carboxylic acids is 1. The third kappa shape index (κ3) is 3.32. The summed E-state index contributed by atoms with van der Waals surface area (Å²) in [5.74, 6) is -0.248. The molecule has 0 radical (unpaired) electrons. The lowest BCUT2D eigenvalue weighted by molar-refractivity contribution is -0.124. The molecule has 1 aromatic carbocycles. The van der Waals surface area contributed by atoms with Gasteiger partial charge in [0.15, 0.2) is 0 Å². The van der Waals surface area contributed by atoms with Crippen molar-refractivity contribution in [3.63, 3.8) is 0 Å². The molecule has 0 saturated heterocycles. The molecule has 1 saturated carbocycles. The normalized spacial score (nSPS) is 16.4. The van der Waals surface area contributed by atoms with Gasteiger partial charge in [0.2, 0.25) is 5.91 Å². The lowest BCUT2D eigenvalue weighted by atomic mass is 9.79. The molecule has 122 valence electrons. The third-order valence-corrected chi connectivity index (χ3v) is 5.35. The second-order valence-electron chi connectivity index (χ2n) is 6.45. The van der Waals surface area contributed by atoms with E-state index in [2.05, 4.69) is 19.2 Å². The van der Waals surface area contributed by atoms with Crippen LogP contribution in [-0.2, 0) is 10.2 Å². The number of aliphatic hydroxyl groups excluding tert-OH is 1. The second-order valence-corrected chi connectivity index (χ2v) is 6.45. The highest BCUT2D eigenvalue weighted by molar-refractivity contribution is 5.91. The van der Waals surface area contributed by atoms with Crippen LogP contribution < -0.4 is 5.32 Å². The van der Waals surface area contributed by atoms with Crippen LogP contribution in [0.1, 0.15) is 51.5 Å². The van der Waals surface area contributed by atoms with Gasteiger partial charge in [0.25, 0.3) is 0 Å². The van der Waals surface area contributed by atoms with E-state index in [0.717, 1.165) is 31.2 Å². The van der Waals surface area contributed by atoms with E-state index in [9.17, 15) is 14.3 Å². The van der Waals surface area contributed by atoms with E-state index in [1.807, 2.05) is 0 Å². The Labute approximate surface area is 131 Å². The van der Waals surface area contributed by atoms with E-state index in [0.29, 0.717) is 13.0 Å². The van der Waals surface area contributed by atoms with Gasteiger partial charge in [-0.05, 0) is 55.2 Å². The van der Waals surface area contributed by atoms with E-state index < -0.39 is 5.41 Å². The van der Waals surface area contributed by atoms with Crippen LogP contribution in [0.4, 0.5) is 4.39 Å². The van der Waals surface area contributed by atoms with Gasteiger partial charge in [0.1, 0.15) is 5.82 Å². The van der Waals surface area contributed by atoms with Crippen LogP contribution in [0.15, 0.2) is 24.3 Å². The summed E-state index contributed by atoms with van der Waals surface area (Å²) in [5.41, 5.74) is 0.385. The number of carbonyl (C=O) groups is 1. The van der Waals surface area contributed by atoms with Crippen LogP contribution in [0.25, 0.3) is 0 Å². The van der Waals surface area contributed by atoms with Crippen molar-refractivity contribution in [2.75, 3.05) is 13.2 Å². The second kappa shape index (κ2) is 6.78. The van der Waals surface area contributed by atoms with Gasteiger partial charge in [-0.15, -0.1) is 0 Å². The van der Waals surface area contributed by atoms with Gasteiger partial charge >= 0.3 is 0 Å². The monoisotopic (exact) mass is 307 g/mol. The Balaban J connectivity index is 2.04. The molecular formula is C18H26FNO2. The van der Waals surface area contributed by atoms with Gasteiger partial charge in [-0.3, -0.25) is 4.79 Å². The van der Waals surface area contributed by atoms with Gasteiger partial charge in [-0.25, -0.2) is 4.39 Å². The Morgan fingerprint density at radius 1 is 1.27 bits per heavy atom. The molecule has 1 amide bonds. The fourth-order valence-electron chi connectivity index (χ4n) is 3.16. The fourth-order valence-corrected chi connectivity index (χ4v) is 3.16. The molecule has 0 aliphatic heterocycles. The molecule has 2 N–H and O–H groups in total. The summed E-state index contributed by atoms with van der Waals surface area (Å²) in [6, 6.07) is 6.25. The number of nitrogens with one attached hydrogen (secondary N) is 1. The van der Waals surface area contributed by atoms with Crippen molar-refractivity contribution >= 4 is 5.91 Å². The Morgan fingerprint density at radius 2 is 1.86 bits per heavy atom. The van der Waals surface area contributed by atoms with Crippen LogP contribution in [0.3, 0.4) is 0 Å². The molecule has 1 aromatic rings. The van der Waals surface area contributed by atoms with Crippen molar-refractivity contribution in [3.8, 4) is 0 Å². The van der Waals surface area contributed by atoms with Gasteiger partial charge in [0, 0.05) is 13.2 Å². The number of benzene rings is 1.